The Bertz CT molecular complexity index is 539. The summed E-state index contributed by atoms with van der Waals surface area (Å²) in [5.41, 5.74) is 1.08. The predicted molar refractivity (Wildman–Crippen MR) is 79.5 cm³/mol. The van der Waals surface area contributed by atoms with Gasteiger partial charge in [0.2, 0.25) is 0 Å². The lowest BCUT2D eigenvalue weighted by molar-refractivity contribution is -0.127. The molecule has 0 aliphatic heterocycles. The Labute approximate surface area is 119 Å². The smallest absolute Gasteiger partial charge is 0.261 e. The number of ether oxygens (including phenoxy) is 1. The van der Waals surface area contributed by atoms with Crippen molar-refractivity contribution in [2.75, 3.05) is 0 Å². The van der Waals surface area contributed by atoms with Gasteiger partial charge in [-0.05, 0) is 31.5 Å². The number of benzene rings is 2. The molecule has 2 rings (SSSR count). The van der Waals surface area contributed by atoms with E-state index in [-0.39, 0.29) is 11.9 Å². The van der Waals surface area contributed by atoms with Crippen LogP contribution in [0.25, 0.3) is 0 Å². The molecule has 0 aromatic heterocycles. The second-order valence-corrected chi connectivity index (χ2v) is 4.71. The highest BCUT2D eigenvalue weighted by molar-refractivity contribution is 5.81. The minimum Gasteiger partial charge on any atom is -0.481 e. The first-order valence-corrected chi connectivity index (χ1v) is 6.74. The zero-order valence-corrected chi connectivity index (χ0v) is 11.7. The summed E-state index contributed by atoms with van der Waals surface area (Å²) >= 11 is 0. The minimum absolute atomic E-state index is 0.0366. The maximum absolute atomic E-state index is 12.1. The average molecular weight is 269 g/mol. The third-order valence-electron chi connectivity index (χ3n) is 3.08. The van der Waals surface area contributed by atoms with Crippen LogP contribution in [0.5, 0.6) is 5.75 Å². The van der Waals surface area contributed by atoms with Crippen molar-refractivity contribution >= 4 is 5.91 Å². The summed E-state index contributed by atoms with van der Waals surface area (Å²) in [6, 6.07) is 19.2. The Morgan fingerprint density at radius 1 is 0.950 bits per heavy atom. The Kier molecular flexibility index (Phi) is 4.77. The molecule has 20 heavy (non-hydrogen) atoms. The Morgan fingerprint density at radius 3 is 2.10 bits per heavy atom. The zero-order valence-electron chi connectivity index (χ0n) is 11.7. The molecule has 0 saturated carbocycles. The van der Waals surface area contributed by atoms with E-state index >= 15 is 0 Å². The molecule has 0 bridgehead atoms. The molecule has 0 heterocycles. The van der Waals surface area contributed by atoms with Crippen LogP contribution in [0, 0.1) is 0 Å². The van der Waals surface area contributed by atoms with Gasteiger partial charge in [0.15, 0.2) is 6.10 Å². The Balaban J connectivity index is 1.91. The minimum atomic E-state index is -0.524. The fourth-order valence-electron chi connectivity index (χ4n) is 1.91. The molecule has 0 fully saturated rings. The molecule has 2 unspecified atom stereocenters. The van der Waals surface area contributed by atoms with Gasteiger partial charge in [0.25, 0.3) is 5.91 Å². The molecule has 1 amide bonds. The van der Waals surface area contributed by atoms with E-state index in [0.29, 0.717) is 5.75 Å². The second kappa shape index (κ2) is 6.75. The number of para-hydroxylation sites is 1. The van der Waals surface area contributed by atoms with Gasteiger partial charge in [-0.3, -0.25) is 4.79 Å². The number of nitrogens with one attached hydrogen (secondary N) is 1. The molecule has 3 heteroatoms. The van der Waals surface area contributed by atoms with Crippen molar-refractivity contribution in [1.29, 1.82) is 0 Å². The third-order valence-corrected chi connectivity index (χ3v) is 3.08. The third kappa shape index (κ3) is 3.85. The molecule has 1 N–H and O–H groups in total. The Hall–Kier alpha value is -2.29. The molecular formula is C17H19NO2. The fraction of sp³-hybridized carbons (Fsp3) is 0.235. The lowest BCUT2D eigenvalue weighted by Gasteiger charge is -2.19. The SMILES string of the molecule is CC(Oc1ccccc1)C(=O)NC(C)c1ccccc1. The zero-order chi connectivity index (χ0) is 14.4. The average Bonchev–Trinajstić information content (AvgIpc) is 2.49. The largest absolute Gasteiger partial charge is 0.481 e. The van der Waals surface area contributed by atoms with Gasteiger partial charge in [-0.15, -0.1) is 0 Å². The lowest BCUT2D eigenvalue weighted by Crippen LogP contribution is -2.37. The van der Waals surface area contributed by atoms with Crippen molar-refractivity contribution in [1.82, 2.24) is 5.32 Å². The van der Waals surface area contributed by atoms with Crippen molar-refractivity contribution < 1.29 is 9.53 Å². The monoisotopic (exact) mass is 269 g/mol. The van der Waals surface area contributed by atoms with Crippen molar-refractivity contribution in [3.8, 4) is 5.75 Å². The van der Waals surface area contributed by atoms with Gasteiger partial charge < -0.3 is 10.1 Å². The fourth-order valence-corrected chi connectivity index (χ4v) is 1.91. The number of carbonyl (C=O) groups is 1. The van der Waals surface area contributed by atoms with Crippen molar-refractivity contribution in [3.63, 3.8) is 0 Å². The van der Waals surface area contributed by atoms with Crippen LogP contribution in [0.2, 0.25) is 0 Å². The number of carbonyl (C=O) groups excluding carboxylic acids is 1. The van der Waals surface area contributed by atoms with E-state index in [1.165, 1.54) is 0 Å². The number of amides is 1. The van der Waals surface area contributed by atoms with Crippen molar-refractivity contribution in [3.05, 3.63) is 66.2 Å². The van der Waals surface area contributed by atoms with Crippen LogP contribution in [-0.2, 0) is 4.79 Å². The molecule has 0 aliphatic rings. The number of hydrogen-bond acceptors (Lipinski definition) is 2. The molecular weight excluding hydrogens is 250 g/mol. The maximum Gasteiger partial charge on any atom is 0.261 e. The summed E-state index contributed by atoms with van der Waals surface area (Å²) in [6.45, 7) is 3.71. The standard InChI is InChI=1S/C17H19NO2/c1-13(15-9-5-3-6-10-15)18-17(19)14(2)20-16-11-7-4-8-12-16/h3-14H,1-2H3,(H,18,19). The number of hydrogen-bond donors (Lipinski definition) is 1. The van der Waals surface area contributed by atoms with Crippen LogP contribution in [0.3, 0.4) is 0 Å². The van der Waals surface area contributed by atoms with E-state index in [0.717, 1.165) is 5.56 Å². The van der Waals surface area contributed by atoms with Crippen LogP contribution in [0.15, 0.2) is 60.7 Å². The lowest BCUT2D eigenvalue weighted by atomic mass is 10.1. The first kappa shape index (κ1) is 14.1. The van der Waals surface area contributed by atoms with Gasteiger partial charge in [0, 0.05) is 0 Å². The summed E-state index contributed by atoms with van der Waals surface area (Å²) in [7, 11) is 0. The molecule has 3 nitrogen and oxygen atoms in total. The van der Waals surface area contributed by atoms with E-state index in [1.54, 1.807) is 6.92 Å². The molecule has 0 radical (unpaired) electrons. The van der Waals surface area contributed by atoms with E-state index < -0.39 is 6.10 Å². The number of rotatable bonds is 5. The van der Waals surface area contributed by atoms with Gasteiger partial charge >= 0.3 is 0 Å². The van der Waals surface area contributed by atoms with E-state index in [1.807, 2.05) is 67.6 Å². The van der Waals surface area contributed by atoms with Gasteiger partial charge in [-0.25, -0.2) is 0 Å². The van der Waals surface area contributed by atoms with Crippen LogP contribution in [0.1, 0.15) is 25.5 Å². The Morgan fingerprint density at radius 2 is 1.50 bits per heavy atom. The summed E-state index contributed by atoms with van der Waals surface area (Å²) in [6.07, 6.45) is -0.524. The first-order chi connectivity index (χ1) is 9.66. The van der Waals surface area contributed by atoms with Gasteiger partial charge in [-0.2, -0.15) is 0 Å². The van der Waals surface area contributed by atoms with Crippen LogP contribution >= 0.6 is 0 Å². The highest BCUT2D eigenvalue weighted by Crippen LogP contribution is 2.13. The predicted octanol–water partition coefficient (Wildman–Crippen LogP) is 3.33. The van der Waals surface area contributed by atoms with Crippen molar-refractivity contribution in [2.45, 2.75) is 26.0 Å². The molecule has 0 aliphatic carbocycles. The summed E-state index contributed by atoms with van der Waals surface area (Å²) < 4.78 is 5.60. The normalized spacial score (nSPS) is 13.3. The van der Waals surface area contributed by atoms with Crippen LogP contribution in [-0.4, -0.2) is 12.0 Å². The molecule has 0 spiro atoms. The quantitative estimate of drug-likeness (QED) is 0.904. The highest BCUT2D eigenvalue weighted by atomic mass is 16.5. The summed E-state index contributed by atoms with van der Waals surface area (Å²) in [5.74, 6) is 0.577. The summed E-state index contributed by atoms with van der Waals surface area (Å²) in [5, 5.41) is 2.95. The van der Waals surface area contributed by atoms with Gasteiger partial charge in [0.05, 0.1) is 6.04 Å². The van der Waals surface area contributed by atoms with Crippen molar-refractivity contribution in [2.24, 2.45) is 0 Å². The summed E-state index contributed by atoms with van der Waals surface area (Å²) in [4.78, 5) is 12.1. The van der Waals surface area contributed by atoms with E-state index in [9.17, 15) is 4.79 Å². The molecule has 2 atom stereocenters. The highest BCUT2D eigenvalue weighted by Gasteiger charge is 2.17. The van der Waals surface area contributed by atoms with E-state index in [2.05, 4.69) is 5.32 Å². The second-order valence-electron chi connectivity index (χ2n) is 4.71. The molecule has 0 saturated heterocycles. The van der Waals surface area contributed by atoms with E-state index in [4.69, 9.17) is 4.74 Å². The van der Waals surface area contributed by atoms with Crippen LogP contribution in [0.4, 0.5) is 0 Å². The molecule has 2 aromatic rings. The maximum atomic E-state index is 12.1. The molecule has 104 valence electrons. The van der Waals surface area contributed by atoms with Gasteiger partial charge in [-0.1, -0.05) is 48.5 Å². The molecule has 2 aromatic carbocycles. The van der Waals surface area contributed by atoms with Gasteiger partial charge in [0.1, 0.15) is 5.75 Å². The first-order valence-electron chi connectivity index (χ1n) is 6.74. The topological polar surface area (TPSA) is 38.3 Å². The van der Waals surface area contributed by atoms with Crippen LogP contribution < -0.4 is 10.1 Å².